The van der Waals surface area contributed by atoms with Gasteiger partial charge in [-0.25, -0.2) is 0 Å². The lowest BCUT2D eigenvalue weighted by Gasteiger charge is -2.38. The fourth-order valence-corrected chi connectivity index (χ4v) is 3.81. The van der Waals surface area contributed by atoms with E-state index in [4.69, 9.17) is 0 Å². The van der Waals surface area contributed by atoms with Crippen LogP contribution in [0.2, 0.25) is 0 Å². The van der Waals surface area contributed by atoms with E-state index >= 15 is 0 Å². The summed E-state index contributed by atoms with van der Waals surface area (Å²) in [5, 5.41) is -0.767. The predicted octanol–water partition coefficient (Wildman–Crippen LogP) is 2.89. The summed E-state index contributed by atoms with van der Waals surface area (Å²) in [5.41, 5.74) is -0.121. The van der Waals surface area contributed by atoms with Crippen LogP contribution in [0, 0.1) is 11.3 Å². The third kappa shape index (κ3) is 2.69. The second-order valence-electron chi connectivity index (χ2n) is 5.27. The fraction of sp³-hybridized carbons (Fsp3) is 1.00. The van der Waals surface area contributed by atoms with Gasteiger partial charge in [0.1, 0.15) is 0 Å². The predicted molar refractivity (Wildman–Crippen MR) is 55.2 cm³/mol. The van der Waals surface area contributed by atoms with E-state index in [-0.39, 0.29) is 11.3 Å². The maximum absolute atomic E-state index is 13.0. The summed E-state index contributed by atoms with van der Waals surface area (Å²) >= 11 is 0. The van der Waals surface area contributed by atoms with Crippen molar-refractivity contribution in [2.24, 2.45) is 11.3 Å². The quantitative estimate of drug-likeness (QED) is 0.639. The molecule has 1 saturated carbocycles. The maximum Gasteiger partial charge on any atom is 0.305 e. The molecule has 0 aromatic rings. The van der Waals surface area contributed by atoms with Crippen molar-refractivity contribution in [3.05, 3.63) is 0 Å². The van der Waals surface area contributed by atoms with E-state index in [1.807, 2.05) is 20.8 Å². The highest BCUT2D eigenvalue weighted by atomic mass is 32.3. The molecule has 1 aliphatic rings. The normalized spacial score (nSPS) is 30.3. The molecule has 1 fully saturated rings. The van der Waals surface area contributed by atoms with Crippen LogP contribution in [0.5, 0.6) is 0 Å². The topological polar surface area (TPSA) is 34.1 Å². The third-order valence-corrected chi connectivity index (χ3v) is 4.46. The molecule has 0 N–H and O–H groups in total. The molecule has 2 nitrogen and oxygen atoms in total. The summed E-state index contributed by atoms with van der Waals surface area (Å²) in [6.45, 7) is 5.96. The minimum atomic E-state index is -4.36. The molecular weight excluding hydrogens is 203 g/mol. The Kier molecular flexibility index (Phi) is 3.24. The first kappa shape index (κ1) is 12.0. The van der Waals surface area contributed by atoms with Crippen LogP contribution < -0.4 is 0 Å². The molecule has 0 saturated heterocycles. The molecular formula is C10H19FO2S. The lowest BCUT2D eigenvalue weighted by Crippen LogP contribution is -2.38. The van der Waals surface area contributed by atoms with Gasteiger partial charge in [-0.2, -0.15) is 8.42 Å². The van der Waals surface area contributed by atoms with Gasteiger partial charge in [0, 0.05) is 0 Å². The Balaban J connectivity index is 2.91. The third-order valence-electron chi connectivity index (χ3n) is 3.18. The van der Waals surface area contributed by atoms with Gasteiger partial charge in [-0.05, 0) is 24.2 Å². The molecule has 0 bridgehead atoms. The van der Waals surface area contributed by atoms with E-state index in [9.17, 15) is 12.3 Å². The van der Waals surface area contributed by atoms with Gasteiger partial charge in [-0.1, -0.05) is 33.6 Å². The summed E-state index contributed by atoms with van der Waals surface area (Å²) < 4.78 is 35.0. The van der Waals surface area contributed by atoms with Crippen LogP contribution in [-0.4, -0.2) is 13.7 Å². The van der Waals surface area contributed by atoms with Crippen LogP contribution in [0.3, 0.4) is 0 Å². The first-order valence-electron chi connectivity index (χ1n) is 5.16. The zero-order valence-corrected chi connectivity index (χ0v) is 9.90. The Labute approximate surface area is 86.1 Å². The number of hydrogen-bond acceptors (Lipinski definition) is 2. The fourth-order valence-electron chi connectivity index (χ4n) is 2.42. The van der Waals surface area contributed by atoms with Gasteiger partial charge in [0.15, 0.2) is 0 Å². The molecule has 0 aliphatic heterocycles. The van der Waals surface area contributed by atoms with Crippen molar-refractivity contribution in [3.8, 4) is 0 Å². The molecule has 84 valence electrons. The molecule has 0 amide bonds. The minimum absolute atomic E-state index is 0.0359. The van der Waals surface area contributed by atoms with Gasteiger partial charge >= 0.3 is 10.2 Å². The van der Waals surface area contributed by atoms with Gasteiger partial charge < -0.3 is 0 Å². The van der Waals surface area contributed by atoms with E-state index in [2.05, 4.69) is 0 Å². The number of rotatable bonds is 1. The van der Waals surface area contributed by atoms with Gasteiger partial charge in [0.05, 0.1) is 5.25 Å². The molecule has 0 radical (unpaired) electrons. The Morgan fingerprint density at radius 3 is 2.00 bits per heavy atom. The highest BCUT2D eigenvalue weighted by Crippen LogP contribution is 2.41. The van der Waals surface area contributed by atoms with Crippen molar-refractivity contribution in [1.29, 1.82) is 0 Å². The van der Waals surface area contributed by atoms with Gasteiger partial charge in [-0.3, -0.25) is 0 Å². The molecule has 2 unspecified atom stereocenters. The molecule has 0 heterocycles. The molecule has 1 aliphatic carbocycles. The summed E-state index contributed by atoms with van der Waals surface area (Å²) in [5.74, 6) is -0.0359. The van der Waals surface area contributed by atoms with E-state index < -0.39 is 15.5 Å². The summed E-state index contributed by atoms with van der Waals surface area (Å²) in [7, 11) is -4.36. The van der Waals surface area contributed by atoms with Crippen molar-refractivity contribution >= 4 is 10.2 Å². The van der Waals surface area contributed by atoms with Crippen molar-refractivity contribution in [1.82, 2.24) is 0 Å². The van der Waals surface area contributed by atoms with E-state index in [1.165, 1.54) is 0 Å². The lowest BCUT2D eigenvalue weighted by atomic mass is 9.72. The van der Waals surface area contributed by atoms with Crippen molar-refractivity contribution in [2.75, 3.05) is 0 Å². The van der Waals surface area contributed by atoms with Crippen LogP contribution in [0.25, 0.3) is 0 Å². The van der Waals surface area contributed by atoms with Gasteiger partial charge in [-0.15, -0.1) is 3.89 Å². The molecule has 4 heteroatoms. The standard InChI is InChI=1S/C10H19FO2S/c1-10(2,3)8-6-4-5-7-9(8)14(11,12)13/h8-9H,4-7H2,1-3H3. The molecule has 0 spiro atoms. The highest BCUT2D eigenvalue weighted by Gasteiger charge is 2.41. The van der Waals surface area contributed by atoms with Gasteiger partial charge in [0.25, 0.3) is 0 Å². The Bertz CT molecular complexity index is 290. The molecule has 0 aromatic heterocycles. The smallest absolute Gasteiger partial charge is 0.195 e. The molecule has 14 heavy (non-hydrogen) atoms. The zero-order chi connectivity index (χ0) is 11.0. The second kappa shape index (κ2) is 3.80. The lowest BCUT2D eigenvalue weighted by molar-refractivity contribution is 0.180. The minimum Gasteiger partial charge on any atom is -0.195 e. The van der Waals surface area contributed by atoms with Gasteiger partial charge in [0.2, 0.25) is 0 Å². The van der Waals surface area contributed by atoms with E-state index in [0.29, 0.717) is 6.42 Å². The zero-order valence-electron chi connectivity index (χ0n) is 9.09. The van der Waals surface area contributed by atoms with Crippen LogP contribution in [-0.2, 0) is 10.2 Å². The molecule has 1 rings (SSSR count). The van der Waals surface area contributed by atoms with Crippen molar-refractivity contribution in [3.63, 3.8) is 0 Å². The molecule has 0 aromatic carbocycles. The summed E-state index contributed by atoms with van der Waals surface area (Å²) in [6.07, 6.45) is 3.17. The second-order valence-corrected chi connectivity index (χ2v) is 6.83. The van der Waals surface area contributed by atoms with Crippen LogP contribution >= 0.6 is 0 Å². The Morgan fingerprint density at radius 1 is 1.14 bits per heavy atom. The van der Waals surface area contributed by atoms with E-state index in [1.54, 1.807) is 0 Å². The first-order chi connectivity index (χ1) is 6.23. The highest BCUT2D eigenvalue weighted by molar-refractivity contribution is 7.87. The Hall–Kier alpha value is -0.120. The van der Waals surface area contributed by atoms with Crippen LogP contribution in [0.15, 0.2) is 0 Å². The average molecular weight is 222 g/mol. The summed E-state index contributed by atoms with van der Waals surface area (Å²) in [4.78, 5) is 0. The largest absolute Gasteiger partial charge is 0.305 e. The number of hydrogen-bond donors (Lipinski definition) is 0. The summed E-state index contributed by atoms with van der Waals surface area (Å²) in [6, 6.07) is 0. The first-order valence-corrected chi connectivity index (χ1v) is 6.61. The van der Waals surface area contributed by atoms with Crippen LogP contribution in [0.4, 0.5) is 3.89 Å². The van der Waals surface area contributed by atoms with Crippen molar-refractivity contribution in [2.45, 2.75) is 51.7 Å². The van der Waals surface area contributed by atoms with E-state index in [0.717, 1.165) is 19.3 Å². The van der Waals surface area contributed by atoms with Crippen molar-refractivity contribution < 1.29 is 12.3 Å². The monoisotopic (exact) mass is 222 g/mol. The Morgan fingerprint density at radius 2 is 1.64 bits per heavy atom. The SMILES string of the molecule is CC(C)(C)C1CCCCC1S(=O)(=O)F. The average Bonchev–Trinajstić information content (AvgIpc) is 2.01. The number of halogens is 1. The maximum atomic E-state index is 13.0. The van der Waals surface area contributed by atoms with Crippen LogP contribution in [0.1, 0.15) is 46.5 Å². The molecule has 2 atom stereocenters.